The second kappa shape index (κ2) is 6.13. The average Bonchev–Trinajstić information content (AvgIpc) is 2.71. The van der Waals surface area contributed by atoms with Crippen LogP contribution in [0, 0.1) is 6.92 Å². The molecule has 2 unspecified atom stereocenters. The monoisotopic (exact) mass is 316 g/mol. The highest BCUT2D eigenvalue weighted by molar-refractivity contribution is 7.89. The molecule has 2 atom stereocenters. The molecule has 0 bridgehead atoms. The molecule has 6 heteroatoms. The van der Waals surface area contributed by atoms with Crippen molar-refractivity contribution in [3.8, 4) is 0 Å². The molecule has 1 saturated heterocycles. The van der Waals surface area contributed by atoms with Crippen molar-refractivity contribution < 1.29 is 8.42 Å². The molecular formula is C14H24N2O2S2. The van der Waals surface area contributed by atoms with Gasteiger partial charge in [0.05, 0.1) is 0 Å². The quantitative estimate of drug-likeness (QED) is 0.929. The van der Waals surface area contributed by atoms with Crippen molar-refractivity contribution in [3.63, 3.8) is 0 Å². The van der Waals surface area contributed by atoms with E-state index in [1.165, 1.54) is 11.3 Å². The highest BCUT2D eigenvalue weighted by Gasteiger charge is 2.37. The fraction of sp³-hybridized carbons (Fsp3) is 0.714. The van der Waals surface area contributed by atoms with Gasteiger partial charge in [0.1, 0.15) is 4.90 Å². The van der Waals surface area contributed by atoms with E-state index in [1.54, 1.807) is 4.31 Å². The number of piperidine rings is 1. The van der Waals surface area contributed by atoms with Gasteiger partial charge in [-0.25, -0.2) is 8.42 Å². The van der Waals surface area contributed by atoms with Crippen molar-refractivity contribution in [2.75, 3.05) is 7.05 Å². The topological polar surface area (TPSA) is 49.4 Å². The summed E-state index contributed by atoms with van der Waals surface area (Å²) in [6, 6.07) is 0.177. The van der Waals surface area contributed by atoms with E-state index < -0.39 is 10.0 Å². The Morgan fingerprint density at radius 1 is 1.35 bits per heavy atom. The van der Waals surface area contributed by atoms with Crippen LogP contribution in [-0.4, -0.2) is 31.9 Å². The van der Waals surface area contributed by atoms with Gasteiger partial charge in [0.25, 0.3) is 0 Å². The summed E-state index contributed by atoms with van der Waals surface area (Å²) in [6.45, 7) is 6.53. The van der Waals surface area contributed by atoms with Crippen molar-refractivity contribution >= 4 is 21.4 Å². The first-order valence-electron chi connectivity index (χ1n) is 7.14. The van der Waals surface area contributed by atoms with E-state index in [9.17, 15) is 8.42 Å². The molecule has 1 fully saturated rings. The van der Waals surface area contributed by atoms with Gasteiger partial charge < -0.3 is 5.32 Å². The lowest BCUT2D eigenvalue weighted by Crippen LogP contribution is -2.47. The Labute approximate surface area is 126 Å². The molecule has 0 amide bonds. The van der Waals surface area contributed by atoms with Crippen molar-refractivity contribution in [1.29, 1.82) is 0 Å². The van der Waals surface area contributed by atoms with Gasteiger partial charge >= 0.3 is 0 Å². The van der Waals surface area contributed by atoms with Gasteiger partial charge in [-0.15, -0.1) is 11.3 Å². The third-order valence-electron chi connectivity index (χ3n) is 3.97. The molecule has 20 heavy (non-hydrogen) atoms. The smallest absolute Gasteiger partial charge is 0.244 e. The molecular weight excluding hydrogens is 292 g/mol. The van der Waals surface area contributed by atoms with E-state index in [1.807, 2.05) is 33.2 Å². The summed E-state index contributed by atoms with van der Waals surface area (Å²) in [4.78, 5) is 1.44. The number of rotatable bonds is 4. The molecule has 0 saturated carbocycles. The molecule has 1 aliphatic rings. The molecule has 1 aromatic rings. The Morgan fingerprint density at radius 2 is 1.95 bits per heavy atom. The Hall–Kier alpha value is -0.430. The van der Waals surface area contributed by atoms with E-state index in [0.29, 0.717) is 11.4 Å². The van der Waals surface area contributed by atoms with E-state index in [-0.39, 0.29) is 12.1 Å². The normalized spacial score (nSPS) is 25.0. The molecule has 114 valence electrons. The van der Waals surface area contributed by atoms with E-state index in [0.717, 1.165) is 29.7 Å². The Balaban J connectivity index is 2.46. The van der Waals surface area contributed by atoms with Crippen LogP contribution >= 0.6 is 11.3 Å². The van der Waals surface area contributed by atoms with E-state index >= 15 is 0 Å². The van der Waals surface area contributed by atoms with Gasteiger partial charge in [0.15, 0.2) is 0 Å². The molecule has 1 N–H and O–H groups in total. The lowest BCUT2D eigenvalue weighted by atomic mass is 10.0. The number of hydrogen-bond acceptors (Lipinski definition) is 4. The predicted molar refractivity (Wildman–Crippen MR) is 83.6 cm³/mol. The largest absolute Gasteiger partial charge is 0.315 e. The molecule has 1 aromatic heterocycles. The number of nitrogens with one attached hydrogen (secondary N) is 1. The Bertz CT molecular complexity index is 556. The minimum absolute atomic E-state index is 0.0884. The van der Waals surface area contributed by atoms with Crippen LogP contribution in [0.2, 0.25) is 0 Å². The van der Waals surface area contributed by atoms with Crippen LogP contribution in [0.15, 0.2) is 10.3 Å². The summed E-state index contributed by atoms with van der Waals surface area (Å²) < 4.78 is 27.9. The fourth-order valence-corrected chi connectivity index (χ4v) is 6.76. The fourth-order valence-electron chi connectivity index (χ4n) is 3.09. The number of hydrogen-bond donors (Lipinski definition) is 1. The SMILES string of the molecule is CNCc1scc(C)c1S(=O)(=O)N1C(C)CCCC1C. The zero-order valence-corrected chi connectivity index (χ0v) is 14.3. The Morgan fingerprint density at radius 3 is 2.50 bits per heavy atom. The number of nitrogens with zero attached hydrogens (tertiary/aromatic N) is 1. The van der Waals surface area contributed by atoms with E-state index in [2.05, 4.69) is 5.32 Å². The molecule has 0 spiro atoms. The van der Waals surface area contributed by atoms with Crippen molar-refractivity contribution in [3.05, 3.63) is 15.8 Å². The molecule has 2 heterocycles. The molecule has 0 aliphatic carbocycles. The van der Waals surface area contributed by atoms with Gasteiger partial charge in [-0.05, 0) is 51.6 Å². The summed E-state index contributed by atoms with van der Waals surface area (Å²) in [5.41, 5.74) is 0.866. The summed E-state index contributed by atoms with van der Waals surface area (Å²) in [5.74, 6) is 0. The highest BCUT2D eigenvalue weighted by Crippen LogP contribution is 2.34. The molecule has 0 aromatic carbocycles. The van der Waals surface area contributed by atoms with Crippen LogP contribution in [0.5, 0.6) is 0 Å². The third-order valence-corrected chi connectivity index (χ3v) is 7.57. The van der Waals surface area contributed by atoms with Gasteiger partial charge in [-0.1, -0.05) is 6.42 Å². The predicted octanol–water partition coefficient (Wildman–Crippen LogP) is 2.73. The number of sulfonamides is 1. The molecule has 1 aliphatic heterocycles. The minimum atomic E-state index is -3.40. The van der Waals surface area contributed by atoms with Gasteiger partial charge in [-0.2, -0.15) is 4.31 Å². The van der Waals surface area contributed by atoms with Crippen LogP contribution in [0.1, 0.15) is 43.6 Å². The summed E-state index contributed by atoms with van der Waals surface area (Å²) in [5, 5.41) is 5.01. The second-order valence-electron chi connectivity index (χ2n) is 5.67. The highest BCUT2D eigenvalue weighted by atomic mass is 32.2. The standard InChI is InChI=1S/C14H24N2O2S2/c1-10-9-19-13(8-15-4)14(10)20(17,18)16-11(2)6-5-7-12(16)3/h9,11-12,15H,5-8H2,1-4H3. The summed E-state index contributed by atoms with van der Waals surface area (Å²) >= 11 is 1.53. The third kappa shape index (κ3) is 2.79. The molecule has 0 radical (unpaired) electrons. The van der Waals surface area contributed by atoms with Crippen LogP contribution in [-0.2, 0) is 16.6 Å². The lowest BCUT2D eigenvalue weighted by Gasteiger charge is -2.37. The maximum atomic E-state index is 13.1. The average molecular weight is 316 g/mol. The zero-order chi connectivity index (χ0) is 14.9. The first-order valence-corrected chi connectivity index (χ1v) is 9.46. The van der Waals surface area contributed by atoms with E-state index in [4.69, 9.17) is 0 Å². The van der Waals surface area contributed by atoms with Crippen LogP contribution in [0.4, 0.5) is 0 Å². The van der Waals surface area contributed by atoms with Crippen LogP contribution < -0.4 is 5.32 Å². The minimum Gasteiger partial charge on any atom is -0.315 e. The summed E-state index contributed by atoms with van der Waals surface area (Å²) in [7, 11) is -1.55. The molecule has 2 rings (SSSR count). The first kappa shape index (κ1) is 15.9. The lowest BCUT2D eigenvalue weighted by molar-refractivity contribution is 0.204. The van der Waals surface area contributed by atoms with Crippen molar-refractivity contribution in [2.45, 2.75) is 63.6 Å². The summed E-state index contributed by atoms with van der Waals surface area (Å²) in [6.07, 6.45) is 3.02. The van der Waals surface area contributed by atoms with Gasteiger partial charge in [-0.3, -0.25) is 0 Å². The van der Waals surface area contributed by atoms with Crippen molar-refractivity contribution in [1.82, 2.24) is 9.62 Å². The van der Waals surface area contributed by atoms with Gasteiger partial charge in [0, 0.05) is 23.5 Å². The first-order chi connectivity index (χ1) is 9.39. The maximum absolute atomic E-state index is 13.1. The van der Waals surface area contributed by atoms with Crippen molar-refractivity contribution in [2.24, 2.45) is 0 Å². The molecule has 4 nitrogen and oxygen atoms in total. The number of aryl methyl sites for hydroxylation is 1. The zero-order valence-electron chi connectivity index (χ0n) is 12.6. The number of thiophene rings is 1. The van der Waals surface area contributed by atoms with Crippen LogP contribution in [0.25, 0.3) is 0 Å². The van der Waals surface area contributed by atoms with Crippen LogP contribution in [0.3, 0.4) is 0 Å². The van der Waals surface area contributed by atoms with Gasteiger partial charge in [0.2, 0.25) is 10.0 Å². The second-order valence-corrected chi connectivity index (χ2v) is 8.41. The maximum Gasteiger partial charge on any atom is 0.244 e. The Kier molecular flexibility index (Phi) is 4.89.